The minimum atomic E-state index is -4.40. The topological polar surface area (TPSA) is 155 Å². The van der Waals surface area contributed by atoms with Crippen molar-refractivity contribution in [3.8, 4) is 0 Å². The SMILES string of the molecule is CCCCCCCCCCCCCCCCCC(=O)O[C@H](COC(=O)CCC/C=C\C/C=C\C/C=C\C/C=C\C=C\[C@@H](O)CC)COP(=O)(O)OCCN. The first-order valence-electron chi connectivity index (χ1n) is 20.9. The molecule has 0 rings (SSSR count). The molecule has 3 atom stereocenters. The molecule has 0 spiro atoms. The molecule has 0 saturated heterocycles. The Labute approximate surface area is 328 Å². The fraction of sp³-hybridized carbons (Fsp3) is 0.721. The van der Waals surface area contributed by atoms with Crippen molar-refractivity contribution in [3.05, 3.63) is 60.8 Å². The molecule has 0 amide bonds. The van der Waals surface area contributed by atoms with E-state index in [-0.39, 0.29) is 38.7 Å². The Morgan fingerprint density at radius 2 is 1.17 bits per heavy atom. The van der Waals surface area contributed by atoms with Gasteiger partial charge in [0.15, 0.2) is 6.10 Å². The fourth-order valence-corrected chi connectivity index (χ4v) is 6.09. The second-order valence-electron chi connectivity index (χ2n) is 13.7. The highest BCUT2D eigenvalue weighted by atomic mass is 31.2. The van der Waals surface area contributed by atoms with Crippen molar-refractivity contribution in [2.45, 2.75) is 174 Å². The Bertz CT molecular complexity index is 1090. The Hall–Kier alpha value is -2.33. The van der Waals surface area contributed by atoms with E-state index in [9.17, 15) is 24.2 Å². The zero-order valence-electron chi connectivity index (χ0n) is 33.8. The molecule has 0 bridgehead atoms. The molecule has 0 aliphatic carbocycles. The lowest BCUT2D eigenvalue weighted by Gasteiger charge is -2.19. The molecule has 312 valence electrons. The number of rotatable bonds is 38. The molecule has 0 aromatic heterocycles. The van der Waals surface area contributed by atoms with E-state index >= 15 is 0 Å². The van der Waals surface area contributed by atoms with Gasteiger partial charge in [0, 0.05) is 19.4 Å². The Balaban J connectivity index is 4.29. The van der Waals surface area contributed by atoms with Crippen LogP contribution in [-0.4, -0.2) is 60.5 Å². The molecule has 0 heterocycles. The molecule has 11 heteroatoms. The highest BCUT2D eigenvalue weighted by Gasteiger charge is 2.25. The lowest BCUT2D eigenvalue weighted by atomic mass is 10.0. The van der Waals surface area contributed by atoms with Crippen molar-refractivity contribution in [1.29, 1.82) is 0 Å². The van der Waals surface area contributed by atoms with Gasteiger partial charge in [-0.25, -0.2) is 4.57 Å². The number of unbranched alkanes of at least 4 members (excludes halogenated alkanes) is 15. The summed E-state index contributed by atoms with van der Waals surface area (Å²) in [6.45, 7) is 3.32. The van der Waals surface area contributed by atoms with Crippen LogP contribution in [0, 0.1) is 0 Å². The van der Waals surface area contributed by atoms with E-state index in [0.29, 0.717) is 25.7 Å². The van der Waals surface area contributed by atoms with Gasteiger partial charge < -0.3 is 25.2 Å². The number of ether oxygens (including phenoxy) is 2. The molecule has 4 N–H and O–H groups in total. The largest absolute Gasteiger partial charge is 0.472 e. The summed E-state index contributed by atoms with van der Waals surface area (Å²) in [4.78, 5) is 34.8. The third kappa shape index (κ3) is 38.0. The van der Waals surface area contributed by atoms with Gasteiger partial charge in [-0.1, -0.05) is 164 Å². The van der Waals surface area contributed by atoms with Gasteiger partial charge in [-0.15, -0.1) is 0 Å². The molecule has 0 aromatic rings. The number of allylic oxidation sites excluding steroid dienone is 9. The number of esters is 2. The van der Waals surface area contributed by atoms with Crippen LogP contribution in [0.2, 0.25) is 0 Å². The standard InChI is InChI=1S/C43H76NO9P/c1-3-5-6-7-8-9-10-11-12-17-20-23-26-29-32-35-43(47)53-41(39-52-54(48,49)51-37-36-44)38-50-42(46)34-31-28-25-22-19-16-14-13-15-18-21-24-27-30-33-40(45)4-2/h14-16,18,22,24-25,27,30,33,40-41,45H,3-13,17,19-21,23,26,28-29,31-32,34-39,44H2,1-2H3,(H,48,49)/b16-14-,18-15-,25-22-,27-24-,33-30+/t40-,41+/m0/s1. The number of phosphoric acid groups is 1. The highest BCUT2D eigenvalue weighted by Crippen LogP contribution is 2.43. The van der Waals surface area contributed by atoms with Crippen LogP contribution in [0.25, 0.3) is 0 Å². The number of hydrogen-bond donors (Lipinski definition) is 3. The first-order valence-corrected chi connectivity index (χ1v) is 22.4. The summed E-state index contributed by atoms with van der Waals surface area (Å²) >= 11 is 0. The predicted molar refractivity (Wildman–Crippen MR) is 221 cm³/mol. The normalized spacial score (nSPS) is 14.5. The first kappa shape index (κ1) is 51.7. The highest BCUT2D eigenvalue weighted by molar-refractivity contribution is 7.47. The molecule has 0 fully saturated rings. The number of phosphoric ester groups is 1. The van der Waals surface area contributed by atoms with Crippen molar-refractivity contribution in [2.75, 3.05) is 26.4 Å². The second-order valence-corrected chi connectivity index (χ2v) is 15.1. The quantitative estimate of drug-likeness (QED) is 0.0181. The van der Waals surface area contributed by atoms with Gasteiger partial charge in [-0.05, 0) is 44.9 Å². The first-order chi connectivity index (χ1) is 26.2. The summed E-state index contributed by atoms with van der Waals surface area (Å²) in [5.41, 5.74) is 5.34. The zero-order valence-corrected chi connectivity index (χ0v) is 34.7. The number of nitrogens with two attached hydrogens (primary N) is 1. The van der Waals surface area contributed by atoms with Gasteiger partial charge >= 0.3 is 19.8 Å². The van der Waals surface area contributed by atoms with Gasteiger partial charge in [0.1, 0.15) is 6.61 Å². The number of aliphatic hydroxyl groups is 1. The van der Waals surface area contributed by atoms with E-state index in [4.69, 9.17) is 24.3 Å². The van der Waals surface area contributed by atoms with Crippen LogP contribution in [0.15, 0.2) is 60.8 Å². The van der Waals surface area contributed by atoms with E-state index < -0.39 is 32.5 Å². The summed E-state index contributed by atoms with van der Waals surface area (Å²) < 4.78 is 32.7. The van der Waals surface area contributed by atoms with E-state index in [1.54, 1.807) is 6.08 Å². The molecule has 0 aromatic carbocycles. The maximum Gasteiger partial charge on any atom is 0.472 e. The van der Waals surface area contributed by atoms with Gasteiger partial charge in [0.05, 0.1) is 19.3 Å². The molecular weight excluding hydrogens is 705 g/mol. The maximum atomic E-state index is 12.6. The van der Waals surface area contributed by atoms with E-state index in [1.807, 2.05) is 31.2 Å². The number of carbonyl (C=O) groups is 2. The van der Waals surface area contributed by atoms with Crippen molar-refractivity contribution < 1.29 is 42.7 Å². The molecule has 0 radical (unpaired) electrons. The second kappa shape index (κ2) is 38.9. The monoisotopic (exact) mass is 782 g/mol. The molecule has 0 aliphatic rings. The van der Waals surface area contributed by atoms with Gasteiger partial charge in [-0.3, -0.25) is 18.6 Å². The molecule has 0 aliphatic heterocycles. The number of hydrogen-bond acceptors (Lipinski definition) is 9. The van der Waals surface area contributed by atoms with Crippen molar-refractivity contribution in [1.82, 2.24) is 0 Å². The average molecular weight is 782 g/mol. The molecule has 0 saturated carbocycles. The van der Waals surface area contributed by atoms with Gasteiger partial charge in [-0.2, -0.15) is 0 Å². The van der Waals surface area contributed by atoms with Crippen LogP contribution in [0.1, 0.15) is 162 Å². The summed E-state index contributed by atoms with van der Waals surface area (Å²) in [5.74, 6) is -0.917. The smallest absolute Gasteiger partial charge is 0.462 e. The third-order valence-corrected chi connectivity index (χ3v) is 9.56. The molecular formula is C43H76NO9P. The van der Waals surface area contributed by atoms with Crippen LogP contribution in [-0.2, 0) is 32.7 Å². The Kier molecular flexibility index (Phi) is 37.2. The van der Waals surface area contributed by atoms with Crippen LogP contribution in [0.3, 0.4) is 0 Å². The van der Waals surface area contributed by atoms with Crippen molar-refractivity contribution in [3.63, 3.8) is 0 Å². The van der Waals surface area contributed by atoms with E-state index in [1.165, 1.54) is 70.6 Å². The molecule has 10 nitrogen and oxygen atoms in total. The Morgan fingerprint density at radius 3 is 1.72 bits per heavy atom. The van der Waals surface area contributed by atoms with Crippen LogP contribution in [0.5, 0.6) is 0 Å². The third-order valence-electron chi connectivity index (χ3n) is 8.58. The average Bonchev–Trinajstić information content (AvgIpc) is 3.16. The summed E-state index contributed by atoms with van der Waals surface area (Å²) in [6.07, 6.45) is 42.0. The summed E-state index contributed by atoms with van der Waals surface area (Å²) in [5, 5.41) is 9.46. The zero-order chi connectivity index (χ0) is 39.8. The lowest BCUT2D eigenvalue weighted by Crippen LogP contribution is -2.29. The summed E-state index contributed by atoms with van der Waals surface area (Å²) in [7, 11) is -4.40. The van der Waals surface area contributed by atoms with E-state index in [2.05, 4.69) is 37.3 Å². The lowest BCUT2D eigenvalue weighted by molar-refractivity contribution is -0.161. The number of carbonyl (C=O) groups excluding carboxylic acids is 2. The van der Waals surface area contributed by atoms with Crippen molar-refractivity contribution in [2.24, 2.45) is 5.73 Å². The predicted octanol–water partition coefficient (Wildman–Crippen LogP) is 10.7. The fourth-order valence-electron chi connectivity index (χ4n) is 5.33. The summed E-state index contributed by atoms with van der Waals surface area (Å²) in [6, 6.07) is 0. The molecule has 54 heavy (non-hydrogen) atoms. The van der Waals surface area contributed by atoms with Crippen LogP contribution < -0.4 is 5.73 Å². The van der Waals surface area contributed by atoms with Crippen LogP contribution in [0.4, 0.5) is 0 Å². The minimum Gasteiger partial charge on any atom is -0.462 e. The van der Waals surface area contributed by atoms with Crippen molar-refractivity contribution >= 4 is 19.8 Å². The Morgan fingerprint density at radius 1 is 0.648 bits per heavy atom. The van der Waals surface area contributed by atoms with Gasteiger partial charge in [0.25, 0.3) is 0 Å². The molecule has 1 unspecified atom stereocenters. The van der Waals surface area contributed by atoms with E-state index in [0.717, 1.165) is 38.5 Å². The minimum absolute atomic E-state index is 0.0388. The van der Waals surface area contributed by atoms with Crippen LogP contribution >= 0.6 is 7.82 Å². The number of aliphatic hydroxyl groups excluding tert-OH is 1. The maximum absolute atomic E-state index is 12.6. The van der Waals surface area contributed by atoms with Gasteiger partial charge in [0.2, 0.25) is 0 Å².